The Labute approximate surface area is 107 Å². The molecule has 1 aromatic rings. The highest BCUT2D eigenvalue weighted by molar-refractivity contribution is 5.73. The van der Waals surface area contributed by atoms with Crippen LogP contribution < -0.4 is 0 Å². The van der Waals surface area contributed by atoms with Crippen LogP contribution in [-0.2, 0) is 11.2 Å². The summed E-state index contributed by atoms with van der Waals surface area (Å²) in [5, 5.41) is 18.7. The van der Waals surface area contributed by atoms with E-state index in [1.807, 2.05) is 23.1 Å². The van der Waals surface area contributed by atoms with Gasteiger partial charge in [0.05, 0.1) is 6.10 Å². The van der Waals surface area contributed by atoms with E-state index in [1.54, 1.807) is 0 Å². The molecule has 4 heteroatoms. The zero-order valence-corrected chi connectivity index (χ0v) is 10.3. The number of carbonyl (C=O) groups is 1. The van der Waals surface area contributed by atoms with Crippen LogP contribution >= 0.6 is 0 Å². The van der Waals surface area contributed by atoms with Crippen molar-refractivity contribution in [2.45, 2.75) is 31.4 Å². The number of hydrogen-bond acceptors (Lipinski definition) is 3. The molecular formula is C14H19NO3. The van der Waals surface area contributed by atoms with E-state index in [1.165, 1.54) is 5.56 Å². The topological polar surface area (TPSA) is 60.8 Å². The Hall–Kier alpha value is -1.39. The summed E-state index contributed by atoms with van der Waals surface area (Å²) < 4.78 is 0. The summed E-state index contributed by atoms with van der Waals surface area (Å²) in [7, 11) is 0. The summed E-state index contributed by atoms with van der Waals surface area (Å²) in [5.41, 5.74) is 1.22. The number of aliphatic hydroxyl groups excluding tert-OH is 1. The van der Waals surface area contributed by atoms with Crippen molar-refractivity contribution in [1.29, 1.82) is 0 Å². The number of benzene rings is 1. The molecule has 1 aliphatic heterocycles. The fraction of sp³-hybridized carbons (Fsp3) is 0.500. The number of nitrogens with zero attached hydrogens (tertiary/aromatic N) is 1. The number of aliphatic carboxylic acids is 1. The van der Waals surface area contributed by atoms with Gasteiger partial charge >= 0.3 is 5.97 Å². The van der Waals surface area contributed by atoms with E-state index in [2.05, 4.69) is 12.1 Å². The molecule has 1 aliphatic rings. The van der Waals surface area contributed by atoms with Crippen molar-refractivity contribution in [3.8, 4) is 0 Å². The third-order valence-corrected chi connectivity index (χ3v) is 3.50. The third-order valence-electron chi connectivity index (χ3n) is 3.50. The zero-order chi connectivity index (χ0) is 13.0. The van der Waals surface area contributed by atoms with Gasteiger partial charge in [0.2, 0.25) is 0 Å². The fourth-order valence-electron chi connectivity index (χ4n) is 2.44. The van der Waals surface area contributed by atoms with E-state index in [0.29, 0.717) is 19.4 Å². The van der Waals surface area contributed by atoms with Gasteiger partial charge in [0.15, 0.2) is 0 Å². The number of aliphatic hydroxyl groups is 1. The van der Waals surface area contributed by atoms with Crippen LogP contribution in [0.2, 0.25) is 0 Å². The van der Waals surface area contributed by atoms with Crippen LogP contribution in [0.1, 0.15) is 18.4 Å². The molecule has 0 aliphatic carbocycles. The largest absolute Gasteiger partial charge is 0.480 e. The minimum atomic E-state index is -0.832. The summed E-state index contributed by atoms with van der Waals surface area (Å²) in [6.07, 6.45) is 1.38. The predicted octanol–water partition coefficient (Wildman–Crippen LogP) is 1.14. The van der Waals surface area contributed by atoms with Crippen LogP contribution in [-0.4, -0.2) is 46.3 Å². The molecule has 98 valence electrons. The molecule has 0 bridgehead atoms. The van der Waals surface area contributed by atoms with Crippen molar-refractivity contribution >= 4 is 5.97 Å². The Morgan fingerprint density at radius 2 is 2.06 bits per heavy atom. The average Bonchev–Trinajstić information content (AvgIpc) is 2.38. The zero-order valence-electron chi connectivity index (χ0n) is 10.3. The Morgan fingerprint density at radius 1 is 1.33 bits per heavy atom. The van der Waals surface area contributed by atoms with Gasteiger partial charge < -0.3 is 10.2 Å². The molecule has 1 fully saturated rings. The molecule has 4 nitrogen and oxygen atoms in total. The molecule has 1 aromatic carbocycles. The first-order valence-corrected chi connectivity index (χ1v) is 6.35. The molecule has 0 unspecified atom stereocenters. The van der Waals surface area contributed by atoms with Gasteiger partial charge in [-0.15, -0.1) is 0 Å². The SMILES string of the molecule is O=C(O)[C@@H]1C[C@H](O)CCN1CCc1ccccc1. The number of rotatable bonds is 4. The Balaban J connectivity index is 1.93. The normalized spacial score (nSPS) is 24.9. The first-order valence-electron chi connectivity index (χ1n) is 6.35. The number of carboxylic acids is 1. The maximum absolute atomic E-state index is 11.2. The van der Waals surface area contributed by atoms with Crippen molar-refractivity contribution in [3.63, 3.8) is 0 Å². The first kappa shape index (κ1) is 13.1. The fourth-order valence-corrected chi connectivity index (χ4v) is 2.44. The molecule has 0 radical (unpaired) electrons. The number of likely N-dealkylation sites (tertiary alicyclic amines) is 1. The summed E-state index contributed by atoms with van der Waals surface area (Å²) in [6, 6.07) is 9.51. The summed E-state index contributed by atoms with van der Waals surface area (Å²) in [6.45, 7) is 1.39. The first-order chi connectivity index (χ1) is 8.66. The van der Waals surface area contributed by atoms with E-state index in [4.69, 9.17) is 0 Å². The quantitative estimate of drug-likeness (QED) is 0.840. The molecular weight excluding hydrogens is 230 g/mol. The number of hydrogen-bond donors (Lipinski definition) is 2. The second kappa shape index (κ2) is 5.98. The lowest BCUT2D eigenvalue weighted by Gasteiger charge is -2.35. The van der Waals surface area contributed by atoms with E-state index < -0.39 is 18.1 Å². The molecule has 18 heavy (non-hydrogen) atoms. The summed E-state index contributed by atoms with van der Waals surface area (Å²) in [5.74, 6) is -0.832. The molecule has 0 spiro atoms. The highest BCUT2D eigenvalue weighted by atomic mass is 16.4. The standard InChI is InChI=1S/C14H19NO3/c16-12-7-9-15(13(10-12)14(17)18)8-6-11-4-2-1-3-5-11/h1-5,12-13,16H,6-10H2,(H,17,18)/t12-,13+/m1/s1. The molecule has 1 saturated heterocycles. The van der Waals surface area contributed by atoms with Crippen molar-refractivity contribution in [1.82, 2.24) is 4.90 Å². The second-order valence-corrected chi connectivity index (χ2v) is 4.80. The Bertz CT molecular complexity index is 393. The van der Waals surface area contributed by atoms with Crippen LogP contribution in [0.4, 0.5) is 0 Å². The van der Waals surface area contributed by atoms with Crippen LogP contribution in [0.3, 0.4) is 0 Å². The van der Waals surface area contributed by atoms with Gasteiger partial charge in [0.25, 0.3) is 0 Å². The van der Waals surface area contributed by atoms with Crippen molar-refractivity contribution < 1.29 is 15.0 Å². The van der Waals surface area contributed by atoms with Gasteiger partial charge in [-0.05, 0) is 24.8 Å². The molecule has 0 saturated carbocycles. The predicted molar refractivity (Wildman–Crippen MR) is 68.4 cm³/mol. The monoisotopic (exact) mass is 249 g/mol. The summed E-state index contributed by atoms with van der Waals surface area (Å²) >= 11 is 0. The van der Waals surface area contributed by atoms with Gasteiger partial charge in [-0.3, -0.25) is 9.69 Å². The maximum Gasteiger partial charge on any atom is 0.321 e. The Morgan fingerprint density at radius 3 is 2.72 bits per heavy atom. The van der Waals surface area contributed by atoms with Crippen molar-refractivity contribution in [2.24, 2.45) is 0 Å². The summed E-state index contributed by atoms with van der Waals surface area (Å²) in [4.78, 5) is 13.1. The highest BCUT2D eigenvalue weighted by Gasteiger charge is 2.32. The Kier molecular flexibility index (Phi) is 4.33. The molecule has 2 rings (SSSR count). The maximum atomic E-state index is 11.2. The van der Waals surface area contributed by atoms with Crippen molar-refractivity contribution in [3.05, 3.63) is 35.9 Å². The van der Waals surface area contributed by atoms with Gasteiger partial charge in [-0.25, -0.2) is 0 Å². The van der Waals surface area contributed by atoms with Crippen LogP contribution in [0, 0.1) is 0 Å². The van der Waals surface area contributed by atoms with E-state index in [9.17, 15) is 15.0 Å². The second-order valence-electron chi connectivity index (χ2n) is 4.80. The van der Waals surface area contributed by atoms with Gasteiger partial charge in [-0.1, -0.05) is 30.3 Å². The number of carboxylic acid groups (broad SMARTS) is 1. The van der Waals surface area contributed by atoms with Crippen LogP contribution in [0.5, 0.6) is 0 Å². The minimum absolute atomic E-state index is 0.337. The molecule has 0 aromatic heterocycles. The lowest BCUT2D eigenvalue weighted by molar-refractivity contribution is -0.146. The molecule has 0 amide bonds. The number of piperidine rings is 1. The molecule has 2 atom stereocenters. The molecule has 1 heterocycles. The lowest BCUT2D eigenvalue weighted by atomic mass is 9.99. The van der Waals surface area contributed by atoms with E-state index >= 15 is 0 Å². The molecule has 2 N–H and O–H groups in total. The smallest absolute Gasteiger partial charge is 0.321 e. The third kappa shape index (κ3) is 3.31. The van der Waals surface area contributed by atoms with Crippen LogP contribution in [0.25, 0.3) is 0 Å². The van der Waals surface area contributed by atoms with Crippen molar-refractivity contribution in [2.75, 3.05) is 13.1 Å². The van der Waals surface area contributed by atoms with Gasteiger partial charge in [0, 0.05) is 13.1 Å². The van der Waals surface area contributed by atoms with Gasteiger partial charge in [0.1, 0.15) is 6.04 Å². The van der Waals surface area contributed by atoms with E-state index in [-0.39, 0.29) is 0 Å². The highest BCUT2D eigenvalue weighted by Crippen LogP contribution is 2.18. The average molecular weight is 249 g/mol. The van der Waals surface area contributed by atoms with Gasteiger partial charge in [-0.2, -0.15) is 0 Å². The minimum Gasteiger partial charge on any atom is -0.480 e. The van der Waals surface area contributed by atoms with Crippen LogP contribution in [0.15, 0.2) is 30.3 Å². The van der Waals surface area contributed by atoms with E-state index in [0.717, 1.165) is 13.0 Å². The lowest BCUT2D eigenvalue weighted by Crippen LogP contribution is -2.49.